The predicted octanol–water partition coefficient (Wildman–Crippen LogP) is 8.19. The molecule has 35 heavy (non-hydrogen) atoms. The number of fused-ring (bicyclic) bond motifs is 4. The Morgan fingerprint density at radius 1 is 0.600 bits per heavy atom. The van der Waals surface area contributed by atoms with Crippen LogP contribution in [0.1, 0.15) is 78.4 Å². The standard InChI is InChI=1S/C32H35BO2/c1-18(2)26-20-12-9-10-13-21(20)27(19(3)4)30-24-16-17-25(33-34-31(5,6)32(7,8)35-33)22-14-11-15-23(28(22)24)29(26)30/h9-19H,1-8H3. The highest BCUT2D eigenvalue weighted by Gasteiger charge is 2.52. The van der Waals surface area contributed by atoms with E-state index in [0.29, 0.717) is 11.8 Å². The Hall–Kier alpha value is -2.62. The van der Waals surface area contributed by atoms with Gasteiger partial charge in [-0.15, -0.1) is 0 Å². The van der Waals surface area contributed by atoms with Gasteiger partial charge in [-0.25, -0.2) is 0 Å². The van der Waals surface area contributed by atoms with Crippen LogP contribution < -0.4 is 5.46 Å². The number of benzene rings is 4. The zero-order chi connectivity index (χ0) is 24.9. The van der Waals surface area contributed by atoms with E-state index >= 15 is 0 Å². The Labute approximate surface area is 209 Å². The monoisotopic (exact) mass is 462 g/mol. The summed E-state index contributed by atoms with van der Waals surface area (Å²) < 4.78 is 13.0. The van der Waals surface area contributed by atoms with Crippen molar-refractivity contribution < 1.29 is 9.31 Å². The fourth-order valence-corrected chi connectivity index (χ4v) is 6.27. The first kappa shape index (κ1) is 22.8. The first-order chi connectivity index (χ1) is 16.5. The van der Waals surface area contributed by atoms with Crippen LogP contribution >= 0.6 is 0 Å². The maximum atomic E-state index is 6.50. The van der Waals surface area contributed by atoms with Crippen molar-refractivity contribution >= 4 is 34.1 Å². The number of hydrogen-bond donors (Lipinski definition) is 0. The van der Waals surface area contributed by atoms with E-state index in [1.165, 1.54) is 54.9 Å². The van der Waals surface area contributed by atoms with Gasteiger partial charge in [-0.2, -0.15) is 0 Å². The van der Waals surface area contributed by atoms with Crippen LogP contribution in [0.3, 0.4) is 0 Å². The molecule has 3 heteroatoms. The van der Waals surface area contributed by atoms with Crippen LogP contribution in [0.4, 0.5) is 0 Å². The molecule has 0 unspecified atom stereocenters. The Morgan fingerprint density at radius 2 is 1.09 bits per heavy atom. The van der Waals surface area contributed by atoms with Crippen LogP contribution in [-0.4, -0.2) is 18.3 Å². The van der Waals surface area contributed by atoms with Crippen LogP contribution in [0.2, 0.25) is 0 Å². The minimum absolute atomic E-state index is 0.364. The van der Waals surface area contributed by atoms with Gasteiger partial charge in [0, 0.05) is 0 Å². The topological polar surface area (TPSA) is 18.5 Å². The van der Waals surface area contributed by atoms with Crippen LogP contribution in [0.25, 0.3) is 43.8 Å². The summed E-state index contributed by atoms with van der Waals surface area (Å²) in [6.07, 6.45) is 0. The molecule has 1 aliphatic carbocycles. The van der Waals surface area contributed by atoms with Crippen molar-refractivity contribution in [3.63, 3.8) is 0 Å². The number of hydrogen-bond acceptors (Lipinski definition) is 2. The molecule has 2 aliphatic rings. The molecule has 0 N–H and O–H groups in total. The highest BCUT2D eigenvalue weighted by atomic mass is 16.7. The smallest absolute Gasteiger partial charge is 0.399 e. The lowest BCUT2D eigenvalue weighted by molar-refractivity contribution is 0.00578. The first-order valence-corrected chi connectivity index (χ1v) is 13.0. The van der Waals surface area contributed by atoms with Gasteiger partial charge in [-0.3, -0.25) is 0 Å². The van der Waals surface area contributed by atoms with E-state index in [9.17, 15) is 0 Å². The van der Waals surface area contributed by atoms with Crippen LogP contribution in [0.15, 0.2) is 54.6 Å². The summed E-state index contributed by atoms with van der Waals surface area (Å²) in [5.41, 5.74) is 8.86. The zero-order valence-electron chi connectivity index (χ0n) is 22.2. The van der Waals surface area contributed by atoms with Crippen molar-refractivity contribution in [3.8, 4) is 22.3 Å². The maximum Gasteiger partial charge on any atom is 0.495 e. The van der Waals surface area contributed by atoms with E-state index in [2.05, 4.69) is 110 Å². The van der Waals surface area contributed by atoms with Gasteiger partial charge in [-0.1, -0.05) is 82.3 Å². The molecule has 0 amide bonds. The molecule has 1 heterocycles. The Bertz CT molecular complexity index is 1430. The molecule has 0 atom stereocenters. The van der Waals surface area contributed by atoms with Crippen molar-refractivity contribution in [1.82, 2.24) is 0 Å². The molecule has 4 aromatic rings. The van der Waals surface area contributed by atoms with Gasteiger partial charge < -0.3 is 9.31 Å². The fourth-order valence-electron chi connectivity index (χ4n) is 6.27. The van der Waals surface area contributed by atoms with Gasteiger partial charge in [-0.05, 0) is 99.9 Å². The Kier molecular flexibility index (Phi) is 4.86. The second-order valence-electron chi connectivity index (χ2n) is 12.0. The van der Waals surface area contributed by atoms with Crippen molar-refractivity contribution in [2.45, 2.75) is 78.4 Å². The molecule has 0 radical (unpaired) electrons. The van der Waals surface area contributed by atoms with Crippen LogP contribution in [-0.2, 0) is 9.31 Å². The van der Waals surface area contributed by atoms with E-state index in [-0.39, 0.29) is 18.3 Å². The highest BCUT2D eigenvalue weighted by Crippen LogP contribution is 2.55. The van der Waals surface area contributed by atoms with E-state index in [1.807, 2.05) is 0 Å². The average Bonchev–Trinajstić information content (AvgIpc) is 3.23. The van der Waals surface area contributed by atoms with Gasteiger partial charge in [0.05, 0.1) is 11.2 Å². The van der Waals surface area contributed by atoms with Gasteiger partial charge in [0.15, 0.2) is 0 Å². The minimum atomic E-state index is -0.374. The van der Waals surface area contributed by atoms with Crippen molar-refractivity contribution in [2.75, 3.05) is 0 Å². The highest BCUT2D eigenvalue weighted by molar-refractivity contribution is 6.65. The summed E-state index contributed by atoms with van der Waals surface area (Å²) in [5.74, 6) is 0.837. The molecule has 0 bridgehead atoms. The van der Waals surface area contributed by atoms with Gasteiger partial charge in [0.2, 0.25) is 0 Å². The maximum absolute atomic E-state index is 6.50. The number of rotatable bonds is 3. The fraction of sp³-hybridized carbons (Fsp3) is 0.375. The van der Waals surface area contributed by atoms with E-state index in [4.69, 9.17) is 9.31 Å². The largest absolute Gasteiger partial charge is 0.495 e. The summed E-state index contributed by atoms with van der Waals surface area (Å²) in [7, 11) is -0.374. The quantitative estimate of drug-likeness (QED) is 0.252. The van der Waals surface area contributed by atoms with Crippen molar-refractivity contribution in [2.24, 2.45) is 0 Å². The molecule has 0 spiro atoms. The second kappa shape index (κ2) is 7.45. The molecule has 1 saturated heterocycles. The average molecular weight is 462 g/mol. The molecular formula is C32H35BO2. The first-order valence-electron chi connectivity index (χ1n) is 13.0. The third-order valence-corrected chi connectivity index (χ3v) is 8.57. The van der Waals surface area contributed by atoms with Crippen LogP contribution in [0.5, 0.6) is 0 Å². The molecule has 1 aliphatic heterocycles. The minimum Gasteiger partial charge on any atom is -0.399 e. The summed E-state index contributed by atoms with van der Waals surface area (Å²) >= 11 is 0. The molecular weight excluding hydrogens is 427 g/mol. The molecule has 0 saturated carbocycles. The SMILES string of the molecule is CC(C)c1c2c(c(C(C)C)c3ccccc13)-c1ccc(B3OC(C)(C)C(C)(C)O3)c3cccc-2c13. The van der Waals surface area contributed by atoms with Crippen molar-refractivity contribution in [1.29, 1.82) is 0 Å². The van der Waals surface area contributed by atoms with Gasteiger partial charge in [0.1, 0.15) is 0 Å². The predicted molar refractivity (Wildman–Crippen MR) is 150 cm³/mol. The zero-order valence-corrected chi connectivity index (χ0v) is 22.2. The summed E-state index contributed by atoms with van der Waals surface area (Å²) in [4.78, 5) is 0. The van der Waals surface area contributed by atoms with Gasteiger partial charge >= 0.3 is 7.12 Å². The molecule has 178 valence electrons. The third kappa shape index (κ3) is 3.04. The summed E-state index contributed by atoms with van der Waals surface area (Å²) in [6.45, 7) is 17.8. The Balaban J connectivity index is 1.70. The molecule has 2 nitrogen and oxygen atoms in total. The lowest BCUT2D eigenvalue weighted by Gasteiger charge is -2.32. The van der Waals surface area contributed by atoms with E-state index in [0.717, 1.165) is 5.46 Å². The van der Waals surface area contributed by atoms with Gasteiger partial charge in [0.25, 0.3) is 0 Å². The molecule has 4 aromatic carbocycles. The lowest BCUT2D eigenvalue weighted by atomic mass is 9.75. The molecule has 1 fully saturated rings. The second-order valence-corrected chi connectivity index (χ2v) is 12.0. The van der Waals surface area contributed by atoms with E-state index < -0.39 is 0 Å². The lowest BCUT2D eigenvalue weighted by Crippen LogP contribution is -2.41. The third-order valence-electron chi connectivity index (χ3n) is 8.57. The van der Waals surface area contributed by atoms with Crippen LogP contribution in [0, 0.1) is 0 Å². The Morgan fingerprint density at radius 3 is 1.60 bits per heavy atom. The van der Waals surface area contributed by atoms with Crippen molar-refractivity contribution in [3.05, 3.63) is 65.7 Å². The molecule has 6 rings (SSSR count). The summed E-state index contributed by atoms with van der Waals surface area (Å²) in [6, 6.07) is 20.3. The van der Waals surface area contributed by atoms with E-state index in [1.54, 1.807) is 0 Å². The normalized spacial score (nSPS) is 17.8. The summed E-state index contributed by atoms with van der Waals surface area (Å²) in [5, 5.41) is 5.36. The molecule has 0 aromatic heterocycles.